The molecular weight excluding hydrogens is 283 g/mol. The van der Waals surface area contributed by atoms with Crippen LogP contribution in [0.3, 0.4) is 0 Å². The number of hydrogen-bond donors (Lipinski definition) is 0. The second kappa shape index (κ2) is 8.62. The fraction of sp³-hybridized carbons (Fsp3) is 0.182. The van der Waals surface area contributed by atoms with Crippen LogP contribution >= 0.6 is 0 Å². The highest BCUT2D eigenvalue weighted by atomic mass is 19.1. The third-order valence-electron chi connectivity index (χ3n) is 3.23. The van der Waals surface area contributed by atoms with Crippen LogP contribution in [0.15, 0.2) is 54.4 Å². The van der Waals surface area contributed by atoms with E-state index in [4.69, 9.17) is 0 Å². The first-order valence-corrected chi connectivity index (χ1v) is 7.72. The van der Waals surface area contributed by atoms with Gasteiger partial charge in [-0.15, -0.1) is 5.92 Å². The van der Waals surface area contributed by atoms with Crippen LogP contribution in [-0.4, -0.2) is 0 Å². The van der Waals surface area contributed by atoms with Gasteiger partial charge in [-0.2, -0.15) is 0 Å². The molecule has 0 atom stereocenters. The van der Waals surface area contributed by atoms with Crippen molar-refractivity contribution in [2.24, 2.45) is 0 Å². The summed E-state index contributed by atoms with van der Waals surface area (Å²) in [5.41, 5.74) is 3.72. The van der Waals surface area contributed by atoms with Crippen LogP contribution in [0.1, 0.15) is 48.9 Å². The summed E-state index contributed by atoms with van der Waals surface area (Å²) >= 11 is 0. The Morgan fingerprint density at radius 1 is 0.870 bits per heavy atom. The van der Waals surface area contributed by atoms with Crippen molar-refractivity contribution in [3.05, 3.63) is 76.6 Å². The van der Waals surface area contributed by atoms with Gasteiger partial charge in [-0.3, -0.25) is 0 Å². The third kappa shape index (κ3) is 5.50. The monoisotopic (exact) mass is 302 g/mol. The Hall–Kier alpha value is -2.77. The number of benzene rings is 2. The molecule has 114 valence electrons. The first kappa shape index (κ1) is 16.6. The van der Waals surface area contributed by atoms with Gasteiger partial charge in [0.1, 0.15) is 5.83 Å². The SMILES string of the molecule is CC#Cc1ccc(C#Cc2ccc(C=C(F)CCC)cc2)cc1. The van der Waals surface area contributed by atoms with Crippen molar-refractivity contribution in [2.75, 3.05) is 0 Å². The van der Waals surface area contributed by atoms with E-state index in [0.29, 0.717) is 6.42 Å². The van der Waals surface area contributed by atoms with E-state index in [9.17, 15) is 4.39 Å². The van der Waals surface area contributed by atoms with Gasteiger partial charge in [-0.1, -0.05) is 36.8 Å². The smallest absolute Gasteiger partial charge is 0.100 e. The van der Waals surface area contributed by atoms with Crippen molar-refractivity contribution < 1.29 is 4.39 Å². The van der Waals surface area contributed by atoms with Gasteiger partial charge in [0.05, 0.1) is 0 Å². The maximum Gasteiger partial charge on any atom is 0.100 e. The summed E-state index contributed by atoms with van der Waals surface area (Å²) in [5.74, 6) is 12.0. The van der Waals surface area contributed by atoms with Crippen LogP contribution in [0.2, 0.25) is 0 Å². The highest BCUT2D eigenvalue weighted by Crippen LogP contribution is 2.13. The zero-order chi connectivity index (χ0) is 16.5. The fourth-order valence-electron chi connectivity index (χ4n) is 2.08. The lowest BCUT2D eigenvalue weighted by molar-refractivity contribution is 0.591. The highest BCUT2D eigenvalue weighted by Gasteiger charge is 1.95. The molecule has 23 heavy (non-hydrogen) atoms. The minimum Gasteiger partial charge on any atom is -0.212 e. The molecule has 0 amide bonds. The number of allylic oxidation sites excluding steroid dienone is 1. The molecular formula is C22H19F. The normalized spacial score (nSPS) is 10.3. The third-order valence-corrected chi connectivity index (χ3v) is 3.23. The lowest BCUT2D eigenvalue weighted by Crippen LogP contribution is -1.80. The Kier molecular flexibility index (Phi) is 6.22. The van der Waals surface area contributed by atoms with Gasteiger partial charge in [-0.25, -0.2) is 4.39 Å². The van der Waals surface area contributed by atoms with E-state index in [-0.39, 0.29) is 5.83 Å². The number of halogens is 1. The van der Waals surface area contributed by atoms with E-state index in [1.165, 1.54) is 0 Å². The maximum atomic E-state index is 13.5. The molecule has 0 aromatic heterocycles. The molecule has 0 heterocycles. The first-order chi connectivity index (χ1) is 11.2. The van der Waals surface area contributed by atoms with Crippen LogP contribution < -0.4 is 0 Å². The lowest BCUT2D eigenvalue weighted by atomic mass is 10.1. The Balaban J connectivity index is 2.09. The van der Waals surface area contributed by atoms with Crippen LogP contribution in [0.4, 0.5) is 4.39 Å². The first-order valence-electron chi connectivity index (χ1n) is 7.72. The standard InChI is InChI=1S/C22H19F/c1-3-5-18-7-9-19(10-8-18)11-12-20-13-15-21(16-14-20)17-22(23)6-4-2/h7-10,13-17H,4,6H2,1-2H3. The predicted molar refractivity (Wildman–Crippen MR) is 95.4 cm³/mol. The van der Waals surface area contributed by atoms with Crippen molar-refractivity contribution in [3.63, 3.8) is 0 Å². The molecule has 0 aliphatic carbocycles. The van der Waals surface area contributed by atoms with Crippen LogP contribution in [0, 0.1) is 23.7 Å². The van der Waals surface area contributed by atoms with E-state index >= 15 is 0 Å². The van der Waals surface area contributed by atoms with E-state index in [2.05, 4.69) is 23.7 Å². The quantitative estimate of drug-likeness (QED) is 0.650. The molecule has 2 aromatic rings. The molecule has 0 aliphatic rings. The lowest BCUT2D eigenvalue weighted by Gasteiger charge is -1.97. The Labute approximate surface area is 138 Å². The number of hydrogen-bond acceptors (Lipinski definition) is 0. The van der Waals surface area contributed by atoms with Crippen LogP contribution in [0.25, 0.3) is 6.08 Å². The topological polar surface area (TPSA) is 0 Å². The van der Waals surface area contributed by atoms with Gasteiger partial charge < -0.3 is 0 Å². The predicted octanol–water partition coefficient (Wildman–Crippen LogP) is 5.57. The molecule has 0 aliphatic heterocycles. The molecule has 2 aromatic carbocycles. The molecule has 0 nitrogen and oxygen atoms in total. The van der Waals surface area contributed by atoms with Crippen molar-refractivity contribution in [2.45, 2.75) is 26.7 Å². The van der Waals surface area contributed by atoms with E-state index in [1.54, 1.807) is 6.08 Å². The van der Waals surface area contributed by atoms with E-state index < -0.39 is 0 Å². The number of rotatable bonds is 3. The van der Waals surface area contributed by atoms with Gasteiger partial charge in [0.25, 0.3) is 0 Å². The minimum atomic E-state index is -0.0818. The zero-order valence-corrected chi connectivity index (χ0v) is 13.5. The highest BCUT2D eigenvalue weighted by molar-refractivity contribution is 5.54. The minimum absolute atomic E-state index is 0.0818. The molecule has 1 heteroatoms. The second-order valence-corrected chi connectivity index (χ2v) is 5.17. The summed E-state index contributed by atoms with van der Waals surface area (Å²) in [7, 11) is 0. The zero-order valence-electron chi connectivity index (χ0n) is 13.5. The summed E-state index contributed by atoms with van der Waals surface area (Å²) in [5, 5.41) is 0. The summed E-state index contributed by atoms with van der Waals surface area (Å²) in [4.78, 5) is 0. The second-order valence-electron chi connectivity index (χ2n) is 5.17. The van der Waals surface area contributed by atoms with Crippen LogP contribution in [-0.2, 0) is 0 Å². The van der Waals surface area contributed by atoms with Gasteiger partial charge in [0.15, 0.2) is 0 Å². The summed E-state index contributed by atoms with van der Waals surface area (Å²) in [6.45, 7) is 3.79. The summed E-state index contributed by atoms with van der Waals surface area (Å²) in [6.07, 6.45) is 2.88. The molecule has 0 fully saturated rings. The average molecular weight is 302 g/mol. The van der Waals surface area contributed by atoms with Crippen molar-refractivity contribution in [3.8, 4) is 23.7 Å². The van der Waals surface area contributed by atoms with Gasteiger partial charge in [0, 0.05) is 16.7 Å². The van der Waals surface area contributed by atoms with Gasteiger partial charge in [-0.05, 0) is 67.8 Å². The maximum absolute atomic E-state index is 13.5. The molecule has 2 rings (SSSR count). The average Bonchev–Trinajstić information content (AvgIpc) is 2.56. The van der Waals surface area contributed by atoms with Crippen LogP contribution in [0.5, 0.6) is 0 Å². The Morgan fingerprint density at radius 2 is 1.35 bits per heavy atom. The Morgan fingerprint density at radius 3 is 1.83 bits per heavy atom. The molecule has 0 saturated carbocycles. The molecule has 0 spiro atoms. The van der Waals surface area contributed by atoms with Crippen molar-refractivity contribution in [1.82, 2.24) is 0 Å². The van der Waals surface area contributed by atoms with E-state index in [0.717, 1.165) is 28.7 Å². The Bertz CT molecular complexity index is 786. The summed E-state index contributed by atoms with van der Waals surface area (Å²) < 4.78 is 13.5. The molecule has 0 unspecified atom stereocenters. The molecule has 0 saturated heterocycles. The van der Waals surface area contributed by atoms with Crippen molar-refractivity contribution >= 4 is 6.08 Å². The van der Waals surface area contributed by atoms with E-state index in [1.807, 2.05) is 62.4 Å². The van der Waals surface area contributed by atoms with Gasteiger partial charge >= 0.3 is 0 Å². The van der Waals surface area contributed by atoms with Gasteiger partial charge in [0.2, 0.25) is 0 Å². The molecule has 0 radical (unpaired) electrons. The van der Waals surface area contributed by atoms with Crippen molar-refractivity contribution in [1.29, 1.82) is 0 Å². The summed E-state index contributed by atoms with van der Waals surface area (Å²) in [6, 6.07) is 15.5. The molecule has 0 N–H and O–H groups in total. The fourth-order valence-corrected chi connectivity index (χ4v) is 2.08. The molecule has 0 bridgehead atoms. The largest absolute Gasteiger partial charge is 0.212 e.